The number of carbonyl (C=O) groups excluding carboxylic acids is 2. The van der Waals surface area contributed by atoms with Crippen LogP contribution in [-0.4, -0.2) is 82.6 Å². The van der Waals surface area contributed by atoms with Crippen LogP contribution in [0, 0.1) is 0 Å². The van der Waals surface area contributed by atoms with Crippen LogP contribution in [0.25, 0.3) is 0 Å². The molecule has 1 aromatic rings. The summed E-state index contributed by atoms with van der Waals surface area (Å²) in [5.74, 6) is 0.479. The number of anilines is 1. The Bertz CT molecular complexity index is 650. The first-order valence-electron chi connectivity index (χ1n) is 8.50. The van der Waals surface area contributed by atoms with Gasteiger partial charge in [0.2, 0.25) is 5.91 Å². The molecule has 8 heteroatoms. The van der Waals surface area contributed by atoms with E-state index in [0.29, 0.717) is 32.8 Å². The highest BCUT2D eigenvalue weighted by Crippen LogP contribution is 2.28. The van der Waals surface area contributed by atoms with E-state index >= 15 is 0 Å². The Labute approximate surface area is 152 Å². The molecule has 1 spiro atoms. The Morgan fingerprint density at radius 1 is 1.23 bits per heavy atom. The minimum Gasteiger partial charge on any atom is -0.497 e. The molecule has 8 nitrogen and oxygen atoms in total. The molecule has 0 bridgehead atoms. The van der Waals surface area contributed by atoms with E-state index in [4.69, 9.17) is 18.9 Å². The summed E-state index contributed by atoms with van der Waals surface area (Å²) in [4.78, 5) is 28.0. The lowest BCUT2D eigenvalue weighted by Gasteiger charge is -2.43. The lowest BCUT2D eigenvalue weighted by Crippen LogP contribution is -2.61. The van der Waals surface area contributed by atoms with Crippen molar-refractivity contribution in [3.63, 3.8) is 0 Å². The molecule has 0 aliphatic carbocycles. The number of hydrogen-bond donors (Lipinski definition) is 0. The highest BCUT2D eigenvalue weighted by Gasteiger charge is 2.44. The quantitative estimate of drug-likeness (QED) is 0.765. The number of carbonyl (C=O) groups is 2. The molecule has 2 heterocycles. The molecule has 0 saturated carbocycles. The molecular weight excluding hydrogens is 340 g/mol. The van der Waals surface area contributed by atoms with Crippen LogP contribution < -0.4 is 9.64 Å². The number of morpholine rings is 1. The predicted octanol–water partition coefficient (Wildman–Crippen LogP) is 0.302. The Hall–Kier alpha value is -2.16. The Morgan fingerprint density at radius 3 is 2.69 bits per heavy atom. The molecule has 2 aliphatic heterocycles. The van der Waals surface area contributed by atoms with E-state index in [2.05, 4.69) is 0 Å². The van der Waals surface area contributed by atoms with E-state index < -0.39 is 5.60 Å². The zero-order chi connectivity index (χ0) is 18.6. The smallest absolute Gasteiger partial charge is 0.253 e. The standard InChI is InChI=1S/C18H24N2O6/c1-23-9-16(21)19-7-8-25-13-18(11-19)12-20(17(22)10-26-18)14-3-5-15(24-2)6-4-14/h3-6H,7-13H2,1-2H3. The minimum atomic E-state index is -0.756. The topological polar surface area (TPSA) is 77.5 Å². The Morgan fingerprint density at radius 2 is 2.00 bits per heavy atom. The van der Waals surface area contributed by atoms with Crippen molar-refractivity contribution in [2.45, 2.75) is 5.60 Å². The number of nitrogens with zero attached hydrogens (tertiary/aromatic N) is 2. The first-order valence-corrected chi connectivity index (χ1v) is 8.50. The van der Waals surface area contributed by atoms with E-state index in [0.717, 1.165) is 11.4 Å². The lowest BCUT2D eigenvalue weighted by atomic mass is 10.0. The number of hydrogen-bond acceptors (Lipinski definition) is 6. The van der Waals surface area contributed by atoms with E-state index in [1.54, 1.807) is 16.9 Å². The molecule has 142 valence electrons. The molecule has 1 unspecified atom stereocenters. The summed E-state index contributed by atoms with van der Waals surface area (Å²) in [7, 11) is 3.08. The van der Waals surface area contributed by atoms with Gasteiger partial charge >= 0.3 is 0 Å². The van der Waals surface area contributed by atoms with Crippen molar-refractivity contribution in [1.82, 2.24) is 4.90 Å². The second-order valence-corrected chi connectivity index (χ2v) is 6.45. The average molecular weight is 364 g/mol. The molecule has 1 aromatic carbocycles. The monoisotopic (exact) mass is 364 g/mol. The van der Waals surface area contributed by atoms with Crippen LogP contribution in [0.3, 0.4) is 0 Å². The molecule has 2 fully saturated rings. The summed E-state index contributed by atoms with van der Waals surface area (Å²) in [6.07, 6.45) is 0. The van der Waals surface area contributed by atoms with Crippen LogP contribution in [0.5, 0.6) is 5.75 Å². The van der Waals surface area contributed by atoms with Gasteiger partial charge in [-0.3, -0.25) is 9.59 Å². The number of benzene rings is 1. The van der Waals surface area contributed by atoms with Gasteiger partial charge in [0.15, 0.2) is 0 Å². The van der Waals surface area contributed by atoms with Crippen molar-refractivity contribution in [3.8, 4) is 5.75 Å². The van der Waals surface area contributed by atoms with Gasteiger partial charge in [-0.25, -0.2) is 0 Å². The molecule has 0 N–H and O–H groups in total. The normalized spacial score (nSPS) is 23.8. The molecule has 2 aliphatic rings. The van der Waals surface area contributed by atoms with Crippen molar-refractivity contribution >= 4 is 17.5 Å². The van der Waals surface area contributed by atoms with Gasteiger partial charge in [0.05, 0.1) is 33.4 Å². The molecule has 0 aromatic heterocycles. The third-order valence-electron chi connectivity index (χ3n) is 4.60. The fraction of sp³-hybridized carbons (Fsp3) is 0.556. The van der Waals surface area contributed by atoms with Crippen molar-refractivity contribution in [1.29, 1.82) is 0 Å². The van der Waals surface area contributed by atoms with Crippen molar-refractivity contribution in [2.75, 3.05) is 65.2 Å². The maximum absolute atomic E-state index is 12.4. The fourth-order valence-electron chi connectivity index (χ4n) is 3.23. The first-order chi connectivity index (χ1) is 12.6. The highest BCUT2D eigenvalue weighted by molar-refractivity contribution is 5.95. The molecule has 1 atom stereocenters. The predicted molar refractivity (Wildman–Crippen MR) is 93.3 cm³/mol. The molecule has 0 radical (unpaired) electrons. The van der Waals surface area contributed by atoms with E-state index in [9.17, 15) is 9.59 Å². The summed E-state index contributed by atoms with van der Waals surface area (Å²) in [5.41, 5.74) is 0.00535. The van der Waals surface area contributed by atoms with Crippen molar-refractivity contribution < 1.29 is 28.5 Å². The van der Waals surface area contributed by atoms with Crippen LogP contribution in [0.15, 0.2) is 24.3 Å². The van der Waals surface area contributed by atoms with Crippen LogP contribution in [0.1, 0.15) is 0 Å². The van der Waals surface area contributed by atoms with Crippen LogP contribution >= 0.6 is 0 Å². The second kappa shape index (κ2) is 8.03. The molecule has 2 saturated heterocycles. The molecular formula is C18H24N2O6. The van der Waals surface area contributed by atoms with Crippen molar-refractivity contribution in [3.05, 3.63) is 24.3 Å². The van der Waals surface area contributed by atoms with Gasteiger partial charge in [0.25, 0.3) is 5.91 Å². The number of amides is 2. The summed E-state index contributed by atoms with van der Waals surface area (Å²) in [6, 6.07) is 7.29. The van der Waals surface area contributed by atoms with Gasteiger partial charge in [-0.05, 0) is 24.3 Å². The summed E-state index contributed by atoms with van der Waals surface area (Å²) >= 11 is 0. The minimum absolute atomic E-state index is 0.0111. The Kier molecular flexibility index (Phi) is 5.75. The van der Waals surface area contributed by atoms with Crippen LogP contribution in [0.4, 0.5) is 5.69 Å². The summed E-state index contributed by atoms with van der Waals surface area (Å²) in [5, 5.41) is 0. The fourth-order valence-corrected chi connectivity index (χ4v) is 3.23. The van der Waals surface area contributed by atoms with Gasteiger partial charge < -0.3 is 28.7 Å². The van der Waals surface area contributed by atoms with Gasteiger partial charge in [-0.2, -0.15) is 0 Å². The van der Waals surface area contributed by atoms with Crippen LogP contribution in [-0.2, 0) is 23.8 Å². The zero-order valence-electron chi connectivity index (χ0n) is 15.1. The largest absolute Gasteiger partial charge is 0.497 e. The molecule has 2 amide bonds. The second-order valence-electron chi connectivity index (χ2n) is 6.45. The molecule has 26 heavy (non-hydrogen) atoms. The maximum Gasteiger partial charge on any atom is 0.253 e. The van der Waals surface area contributed by atoms with E-state index in [1.807, 2.05) is 24.3 Å². The van der Waals surface area contributed by atoms with E-state index in [1.165, 1.54) is 7.11 Å². The third-order valence-corrected chi connectivity index (χ3v) is 4.60. The van der Waals surface area contributed by atoms with Gasteiger partial charge in [-0.1, -0.05) is 0 Å². The van der Waals surface area contributed by atoms with Crippen molar-refractivity contribution in [2.24, 2.45) is 0 Å². The van der Waals surface area contributed by atoms with E-state index in [-0.39, 0.29) is 25.0 Å². The highest BCUT2D eigenvalue weighted by atomic mass is 16.6. The average Bonchev–Trinajstić information content (AvgIpc) is 2.87. The molecule has 3 rings (SSSR count). The van der Waals surface area contributed by atoms with Gasteiger partial charge in [-0.15, -0.1) is 0 Å². The number of methoxy groups -OCH3 is 2. The SMILES string of the molecule is COCC(=O)N1CCOCC2(C1)CN(c1ccc(OC)cc1)C(=O)CO2. The van der Waals surface area contributed by atoms with Gasteiger partial charge in [0, 0.05) is 19.3 Å². The number of ether oxygens (including phenoxy) is 4. The summed E-state index contributed by atoms with van der Waals surface area (Å²) in [6.45, 7) is 1.85. The third kappa shape index (κ3) is 3.98. The summed E-state index contributed by atoms with van der Waals surface area (Å²) < 4.78 is 21.7. The maximum atomic E-state index is 12.4. The number of rotatable bonds is 4. The van der Waals surface area contributed by atoms with Gasteiger partial charge in [0.1, 0.15) is 24.6 Å². The van der Waals surface area contributed by atoms with Crippen LogP contribution in [0.2, 0.25) is 0 Å². The zero-order valence-corrected chi connectivity index (χ0v) is 15.1. The first kappa shape index (κ1) is 18.6. The lowest BCUT2D eigenvalue weighted by molar-refractivity contribution is -0.150. The Balaban J connectivity index is 1.79.